The van der Waals surface area contributed by atoms with E-state index in [4.69, 9.17) is 0 Å². The molecular weight excluding hydrogens is 258 g/mol. The molecule has 1 aromatic carbocycles. The summed E-state index contributed by atoms with van der Waals surface area (Å²) in [6.07, 6.45) is 8.63. The Morgan fingerprint density at radius 2 is 2.14 bits per heavy atom. The zero-order valence-corrected chi connectivity index (χ0v) is 13.2. The number of nitrogens with one attached hydrogen (secondary N) is 1. The zero-order valence-electron chi connectivity index (χ0n) is 13.2. The lowest BCUT2D eigenvalue weighted by Gasteiger charge is -2.19. The van der Waals surface area contributed by atoms with Gasteiger partial charge in [-0.2, -0.15) is 0 Å². The minimum Gasteiger partial charge on any atom is -0.352 e. The van der Waals surface area contributed by atoms with Gasteiger partial charge in [-0.25, -0.2) is 0 Å². The summed E-state index contributed by atoms with van der Waals surface area (Å²) in [4.78, 5) is 12.4. The predicted octanol–water partition coefficient (Wildman–Crippen LogP) is 4.45. The van der Waals surface area contributed by atoms with Gasteiger partial charge in [0.25, 0.3) is 5.91 Å². The molecule has 0 aliphatic heterocycles. The summed E-state index contributed by atoms with van der Waals surface area (Å²) < 4.78 is 0. The van der Waals surface area contributed by atoms with Gasteiger partial charge in [0, 0.05) is 18.0 Å². The molecule has 112 valence electrons. The molecule has 1 N–H and O–H groups in total. The molecule has 0 aromatic heterocycles. The quantitative estimate of drug-likeness (QED) is 0.849. The Bertz CT molecular complexity index is 556. The van der Waals surface area contributed by atoms with E-state index in [0.717, 1.165) is 30.5 Å². The smallest absolute Gasteiger partial charge is 0.251 e. The van der Waals surface area contributed by atoms with Crippen molar-refractivity contribution in [2.24, 2.45) is 5.92 Å². The molecule has 2 rings (SSSR count). The molecule has 2 heteroatoms. The number of amides is 1. The van der Waals surface area contributed by atoms with E-state index in [-0.39, 0.29) is 5.91 Å². The van der Waals surface area contributed by atoms with Gasteiger partial charge in [-0.15, -0.1) is 0 Å². The molecule has 2 nitrogen and oxygen atoms in total. The highest BCUT2D eigenvalue weighted by Gasteiger charge is 2.18. The van der Waals surface area contributed by atoms with Crippen molar-refractivity contribution in [3.63, 3.8) is 0 Å². The molecule has 1 aliphatic rings. The van der Waals surface area contributed by atoms with Crippen LogP contribution in [0, 0.1) is 5.92 Å². The van der Waals surface area contributed by atoms with Crippen molar-refractivity contribution in [2.45, 2.75) is 39.5 Å². The molecule has 0 bridgehead atoms. The molecule has 1 aliphatic carbocycles. The number of benzene rings is 1. The highest BCUT2D eigenvalue weighted by atomic mass is 16.1. The molecule has 21 heavy (non-hydrogen) atoms. The average Bonchev–Trinajstić information content (AvgIpc) is 2.53. The van der Waals surface area contributed by atoms with E-state index in [1.807, 2.05) is 18.2 Å². The van der Waals surface area contributed by atoms with Crippen LogP contribution in [-0.4, -0.2) is 12.5 Å². The normalized spacial score (nSPS) is 19.0. The third kappa shape index (κ3) is 4.07. The van der Waals surface area contributed by atoms with Crippen LogP contribution in [0.3, 0.4) is 0 Å². The van der Waals surface area contributed by atoms with Crippen LogP contribution >= 0.6 is 0 Å². The Labute approximate surface area is 128 Å². The average molecular weight is 283 g/mol. The first-order valence-electron chi connectivity index (χ1n) is 7.84. The van der Waals surface area contributed by atoms with E-state index < -0.39 is 0 Å². The maximum Gasteiger partial charge on any atom is 0.251 e. The number of carbonyl (C=O) groups is 1. The largest absolute Gasteiger partial charge is 0.352 e. The highest BCUT2D eigenvalue weighted by molar-refractivity contribution is 5.96. The van der Waals surface area contributed by atoms with Gasteiger partial charge in [0.1, 0.15) is 0 Å². The fraction of sp³-hybridized carbons (Fsp3) is 0.421. The Hall–Kier alpha value is -1.83. The van der Waals surface area contributed by atoms with E-state index in [2.05, 4.69) is 50.4 Å². The van der Waals surface area contributed by atoms with Crippen LogP contribution in [0.25, 0.3) is 0 Å². The van der Waals surface area contributed by atoms with Crippen molar-refractivity contribution in [2.75, 3.05) is 6.54 Å². The van der Waals surface area contributed by atoms with Gasteiger partial charge in [-0.1, -0.05) is 62.3 Å². The second-order valence-corrected chi connectivity index (χ2v) is 5.96. The van der Waals surface area contributed by atoms with Crippen molar-refractivity contribution in [1.29, 1.82) is 0 Å². The Balaban J connectivity index is 2.14. The first-order valence-corrected chi connectivity index (χ1v) is 7.84. The zero-order chi connectivity index (χ0) is 15.2. The second-order valence-electron chi connectivity index (χ2n) is 5.96. The molecule has 1 amide bonds. The molecule has 0 fully saturated rings. The summed E-state index contributed by atoms with van der Waals surface area (Å²) in [7, 11) is 0. The van der Waals surface area contributed by atoms with Gasteiger partial charge in [0.05, 0.1) is 0 Å². The van der Waals surface area contributed by atoms with Crippen molar-refractivity contribution in [3.05, 3.63) is 59.2 Å². The van der Waals surface area contributed by atoms with E-state index in [0.29, 0.717) is 11.8 Å². The van der Waals surface area contributed by atoms with Gasteiger partial charge < -0.3 is 5.32 Å². The van der Waals surface area contributed by atoms with Gasteiger partial charge in [-0.3, -0.25) is 4.79 Å². The van der Waals surface area contributed by atoms with Crippen molar-refractivity contribution < 1.29 is 4.79 Å². The number of carbonyl (C=O) groups excluding carboxylic acids is 1. The van der Waals surface area contributed by atoms with Crippen molar-refractivity contribution in [1.82, 2.24) is 5.32 Å². The first-order chi connectivity index (χ1) is 10.1. The van der Waals surface area contributed by atoms with E-state index >= 15 is 0 Å². The first kappa shape index (κ1) is 15.6. The topological polar surface area (TPSA) is 29.1 Å². The van der Waals surface area contributed by atoms with Gasteiger partial charge in [0.2, 0.25) is 0 Å². The molecule has 1 aromatic rings. The summed E-state index contributed by atoms with van der Waals surface area (Å²) in [5.41, 5.74) is 3.23. The minimum atomic E-state index is 0.0468. The van der Waals surface area contributed by atoms with E-state index in [1.54, 1.807) is 0 Å². The van der Waals surface area contributed by atoms with Crippen LogP contribution in [0.15, 0.2) is 48.1 Å². The minimum absolute atomic E-state index is 0.0468. The lowest BCUT2D eigenvalue weighted by atomic mass is 9.87. The van der Waals surface area contributed by atoms with Crippen molar-refractivity contribution >= 4 is 5.91 Å². The second kappa shape index (κ2) is 7.26. The predicted molar refractivity (Wildman–Crippen MR) is 88.5 cm³/mol. The van der Waals surface area contributed by atoms with Crippen LogP contribution in [-0.2, 0) is 0 Å². The standard InChI is InChI=1S/C19H25NO/c1-4-14(2)13-20-19(21)18-8-6-5-7-17(18)16-11-9-15(3)10-12-16/h5-11,14,16H,4,12-13H2,1-3H3,(H,20,21). The molecule has 0 heterocycles. The molecule has 0 saturated carbocycles. The summed E-state index contributed by atoms with van der Waals surface area (Å²) in [6, 6.07) is 7.96. The SMILES string of the molecule is CCC(C)CNC(=O)c1ccccc1C1C=CC(C)=CC1. The number of hydrogen-bond donors (Lipinski definition) is 1. The maximum atomic E-state index is 12.4. The molecule has 0 radical (unpaired) electrons. The van der Waals surface area contributed by atoms with E-state index in [9.17, 15) is 4.79 Å². The van der Waals surface area contributed by atoms with E-state index in [1.165, 1.54) is 5.57 Å². The third-order valence-electron chi connectivity index (χ3n) is 4.20. The number of rotatable bonds is 5. The summed E-state index contributed by atoms with van der Waals surface area (Å²) >= 11 is 0. The van der Waals surface area contributed by atoms with Crippen LogP contribution in [0.2, 0.25) is 0 Å². The Morgan fingerprint density at radius 1 is 1.38 bits per heavy atom. The van der Waals surface area contributed by atoms with Crippen LogP contribution in [0.1, 0.15) is 55.5 Å². The molecule has 0 saturated heterocycles. The Kier molecular flexibility index (Phi) is 5.38. The molecule has 2 unspecified atom stereocenters. The summed E-state index contributed by atoms with van der Waals surface area (Å²) in [5.74, 6) is 0.867. The van der Waals surface area contributed by atoms with Crippen molar-refractivity contribution in [3.8, 4) is 0 Å². The molecule has 0 spiro atoms. The summed E-state index contributed by atoms with van der Waals surface area (Å²) in [5, 5.41) is 3.06. The van der Waals surface area contributed by atoms with Crippen LogP contribution in [0.5, 0.6) is 0 Å². The number of allylic oxidation sites excluding steroid dienone is 4. The fourth-order valence-electron chi connectivity index (χ4n) is 2.49. The van der Waals surface area contributed by atoms with Crippen LogP contribution < -0.4 is 5.32 Å². The fourth-order valence-corrected chi connectivity index (χ4v) is 2.49. The monoisotopic (exact) mass is 283 g/mol. The highest BCUT2D eigenvalue weighted by Crippen LogP contribution is 2.29. The molecule has 2 atom stereocenters. The van der Waals surface area contributed by atoms with Crippen LogP contribution in [0.4, 0.5) is 0 Å². The molecular formula is C19H25NO. The lowest BCUT2D eigenvalue weighted by Crippen LogP contribution is -2.29. The number of hydrogen-bond acceptors (Lipinski definition) is 1. The summed E-state index contributed by atoms with van der Waals surface area (Å²) in [6.45, 7) is 7.15. The maximum absolute atomic E-state index is 12.4. The van der Waals surface area contributed by atoms with Gasteiger partial charge >= 0.3 is 0 Å². The van der Waals surface area contributed by atoms with Gasteiger partial charge in [-0.05, 0) is 30.9 Å². The third-order valence-corrected chi connectivity index (χ3v) is 4.20. The van der Waals surface area contributed by atoms with Gasteiger partial charge in [0.15, 0.2) is 0 Å². The lowest BCUT2D eigenvalue weighted by molar-refractivity contribution is 0.0946. The Morgan fingerprint density at radius 3 is 2.81 bits per heavy atom.